The first kappa shape index (κ1) is 75.1. The molecule has 0 aliphatic carbocycles. The lowest BCUT2D eigenvalue weighted by molar-refractivity contribution is -0.359. The van der Waals surface area contributed by atoms with Crippen LogP contribution in [0.1, 0.15) is 322 Å². The maximum Gasteiger partial charge on any atom is 0.220 e. The number of unbranched alkanes of at least 4 members (excludes halogenated alkanes) is 44. The zero-order valence-corrected chi connectivity index (χ0v) is 51.6. The Hall–Kier alpha value is -1.01. The molecule has 9 N–H and O–H groups in total. The van der Waals surface area contributed by atoms with Gasteiger partial charge in [0.2, 0.25) is 5.91 Å². The summed E-state index contributed by atoms with van der Waals surface area (Å²) in [5, 5.41) is 87.4. The van der Waals surface area contributed by atoms with Gasteiger partial charge in [-0.3, -0.25) is 4.79 Å². The SMILES string of the molecule is CCCCCCCCCCCCCCCCCCCCCCCCCCCCCCCCCCCC(O)C(COC1OC(CO)C(OC2OC(CO)C(O)C(O)C2O)C(O)C1O)NC(=O)CCCCCCCCCCCCCCC. The van der Waals surface area contributed by atoms with Crippen LogP contribution in [-0.2, 0) is 23.7 Å². The summed E-state index contributed by atoms with van der Waals surface area (Å²) in [5.41, 5.74) is 0. The van der Waals surface area contributed by atoms with Crippen LogP contribution in [-0.4, -0.2) is 140 Å². The minimum atomic E-state index is -1.78. The molecule has 1 amide bonds. The molecule has 2 rings (SSSR count). The smallest absolute Gasteiger partial charge is 0.220 e. The minimum absolute atomic E-state index is 0.201. The van der Waals surface area contributed by atoms with Crippen LogP contribution < -0.4 is 5.32 Å². The van der Waals surface area contributed by atoms with E-state index in [2.05, 4.69) is 19.2 Å². The van der Waals surface area contributed by atoms with Crippen LogP contribution in [0, 0.1) is 0 Å². The Morgan fingerprint density at radius 3 is 1.06 bits per heavy atom. The van der Waals surface area contributed by atoms with Gasteiger partial charge in [0, 0.05) is 6.42 Å². The number of hydrogen-bond donors (Lipinski definition) is 9. The first-order valence-corrected chi connectivity index (χ1v) is 34.3. The highest BCUT2D eigenvalue weighted by Gasteiger charge is 2.51. The molecule has 2 fully saturated rings. The molecule has 0 saturated carbocycles. The summed E-state index contributed by atoms with van der Waals surface area (Å²) in [4.78, 5) is 13.3. The molecule has 0 radical (unpaired) electrons. The number of hydrogen-bond acceptors (Lipinski definition) is 13. The summed E-state index contributed by atoms with van der Waals surface area (Å²) in [5.74, 6) is -0.201. The highest BCUT2D eigenvalue weighted by atomic mass is 16.7. The van der Waals surface area contributed by atoms with Crippen molar-refractivity contribution in [3.8, 4) is 0 Å². The first-order chi connectivity index (χ1) is 39.1. The lowest BCUT2D eigenvalue weighted by Crippen LogP contribution is -2.65. The van der Waals surface area contributed by atoms with Crippen LogP contribution in [0.25, 0.3) is 0 Å². The average Bonchev–Trinajstić information content (AvgIpc) is 3.53. The van der Waals surface area contributed by atoms with Crippen LogP contribution in [0.3, 0.4) is 0 Å². The van der Waals surface area contributed by atoms with Gasteiger partial charge in [0.1, 0.15) is 48.8 Å². The maximum absolute atomic E-state index is 13.3. The molecule has 2 saturated heterocycles. The predicted octanol–water partition coefficient (Wildman–Crippen LogP) is 13.2. The monoisotopic (exact) mass is 1140 g/mol. The number of carbonyl (C=O) groups excluding carboxylic acids is 1. The second-order valence-corrected chi connectivity index (χ2v) is 24.7. The fourth-order valence-corrected chi connectivity index (χ4v) is 11.8. The molecule has 0 spiro atoms. The largest absolute Gasteiger partial charge is 0.394 e. The van der Waals surface area contributed by atoms with E-state index in [1.165, 1.54) is 244 Å². The van der Waals surface area contributed by atoms with E-state index in [4.69, 9.17) is 18.9 Å². The van der Waals surface area contributed by atoms with Crippen molar-refractivity contribution in [3.63, 3.8) is 0 Å². The fourth-order valence-electron chi connectivity index (χ4n) is 11.8. The number of amides is 1. The van der Waals surface area contributed by atoms with Gasteiger partial charge in [0.05, 0.1) is 32.0 Å². The van der Waals surface area contributed by atoms with Crippen LogP contribution in [0.2, 0.25) is 0 Å². The van der Waals surface area contributed by atoms with E-state index in [-0.39, 0.29) is 12.5 Å². The van der Waals surface area contributed by atoms with Gasteiger partial charge in [-0.1, -0.05) is 303 Å². The van der Waals surface area contributed by atoms with Crippen molar-refractivity contribution in [2.45, 2.75) is 396 Å². The summed E-state index contributed by atoms with van der Waals surface area (Å²) >= 11 is 0. The summed E-state index contributed by atoms with van der Waals surface area (Å²) in [6.07, 6.45) is 44.3. The molecule has 12 atom stereocenters. The standard InChI is InChI=1S/C66H129NO13/c1-3-5-7-9-11-13-15-17-18-19-20-21-22-23-24-25-26-27-28-29-30-31-32-33-34-35-36-38-39-41-43-45-47-49-55(70)54(67-58(71)50-48-46-44-42-40-37-16-14-12-10-8-6-4-2)53-77-65-63(76)61(74)64(57(52-69)79-65)80-66-62(75)60(73)59(72)56(51-68)78-66/h54-57,59-66,68-70,72-76H,3-53H2,1-2H3,(H,67,71). The first-order valence-electron chi connectivity index (χ1n) is 34.3. The van der Waals surface area contributed by atoms with E-state index >= 15 is 0 Å². The molecule has 12 unspecified atom stereocenters. The van der Waals surface area contributed by atoms with Gasteiger partial charge < -0.3 is 65.1 Å². The van der Waals surface area contributed by atoms with Crippen LogP contribution in [0.4, 0.5) is 0 Å². The van der Waals surface area contributed by atoms with Crippen LogP contribution in [0.5, 0.6) is 0 Å². The van der Waals surface area contributed by atoms with Crippen molar-refractivity contribution in [3.05, 3.63) is 0 Å². The van der Waals surface area contributed by atoms with E-state index in [9.17, 15) is 45.6 Å². The molecule has 2 heterocycles. The minimum Gasteiger partial charge on any atom is -0.394 e. The van der Waals surface area contributed by atoms with Crippen LogP contribution >= 0.6 is 0 Å². The Morgan fingerprint density at radius 1 is 0.400 bits per heavy atom. The van der Waals surface area contributed by atoms with Crippen molar-refractivity contribution in [2.24, 2.45) is 0 Å². The average molecular weight is 1140 g/mol. The van der Waals surface area contributed by atoms with Gasteiger partial charge in [-0.25, -0.2) is 0 Å². The summed E-state index contributed by atoms with van der Waals surface area (Å²) < 4.78 is 22.9. The summed E-state index contributed by atoms with van der Waals surface area (Å²) in [6, 6.07) is -0.823. The quantitative estimate of drug-likeness (QED) is 0.0259. The fraction of sp³-hybridized carbons (Fsp3) is 0.985. The number of aliphatic hydroxyl groups excluding tert-OH is 8. The molecular formula is C66H129NO13. The molecule has 80 heavy (non-hydrogen) atoms. The van der Waals surface area contributed by atoms with E-state index in [0.29, 0.717) is 12.8 Å². The number of carbonyl (C=O) groups is 1. The van der Waals surface area contributed by atoms with E-state index in [1.54, 1.807) is 0 Å². The second-order valence-electron chi connectivity index (χ2n) is 24.7. The zero-order valence-electron chi connectivity index (χ0n) is 51.6. The number of ether oxygens (including phenoxy) is 4. The van der Waals surface area contributed by atoms with Crippen molar-refractivity contribution in [1.82, 2.24) is 5.32 Å². The molecular weight excluding hydrogens is 1010 g/mol. The van der Waals surface area contributed by atoms with Gasteiger partial charge in [-0.15, -0.1) is 0 Å². The van der Waals surface area contributed by atoms with Gasteiger partial charge in [-0.05, 0) is 12.8 Å². The van der Waals surface area contributed by atoms with Crippen molar-refractivity contribution < 1.29 is 64.6 Å². The van der Waals surface area contributed by atoms with E-state index < -0.39 is 86.8 Å². The Balaban J connectivity index is 1.60. The molecule has 14 nitrogen and oxygen atoms in total. The topological polar surface area (TPSA) is 228 Å². The highest BCUT2D eigenvalue weighted by Crippen LogP contribution is 2.30. The third-order valence-corrected chi connectivity index (χ3v) is 17.3. The molecule has 0 aromatic rings. The molecule has 2 aliphatic rings. The Kier molecular flexibility index (Phi) is 49.1. The number of nitrogens with one attached hydrogen (secondary N) is 1. The zero-order chi connectivity index (χ0) is 58.1. The predicted molar refractivity (Wildman–Crippen MR) is 323 cm³/mol. The molecule has 2 aliphatic heterocycles. The van der Waals surface area contributed by atoms with Gasteiger partial charge >= 0.3 is 0 Å². The van der Waals surface area contributed by atoms with Gasteiger partial charge in [0.15, 0.2) is 12.6 Å². The maximum atomic E-state index is 13.3. The Morgan fingerprint density at radius 2 is 0.713 bits per heavy atom. The lowest BCUT2D eigenvalue weighted by Gasteiger charge is -2.46. The molecule has 476 valence electrons. The van der Waals surface area contributed by atoms with E-state index in [0.717, 1.165) is 51.4 Å². The third kappa shape index (κ3) is 36.7. The highest BCUT2D eigenvalue weighted by molar-refractivity contribution is 5.76. The lowest BCUT2D eigenvalue weighted by atomic mass is 9.97. The number of aliphatic hydroxyl groups is 8. The second kappa shape index (κ2) is 52.3. The third-order valence-electron chi connectivity index (χ3n) is 17.3. The molecule has 0 aromatic heterocycles. The molecule has 0 bridgehead atoms. The van der Waals surface area contributed by atoms with Crippen molar-refractivity contribution in [2.75, 3.05) is 19.8 Å². The van der Waals surface area contributed by atoms with Crippen molar-refractivity contribution in [1.29, 1.82) is 0 Å². The van der Waals surface area contributed by atoms with Crippen LogP contribution in [0.15, 0.2) is 0 Å². The summed E-state index contributed by atoms with van der Waals surface area (Å²) in [7, 11) is 0. The molecule has 0 aromatic carbocycles. The normalized spacial score (nSPS) is 24.1. The van der Waals surface area contributed by atoms with E-state index in [1.807, 2.05) is 0 Å². The number of rotatable bonds is 57. The van der Waals surface area contributed by atoms with Gasteiger partial charge in [0.25, 0.3) is 0 Å². The Labute approximate surface area is 489 Å². The van der Waals surface area contributed by atoms with Gasteiger partial charge in [-0.2, -0.15) is 0 Å². The van der Waals surface area contributed by atoms with Crippen molar-refractivity contribution >= 4 is 5.91 Å². The Bertz CT molecular complexity index is 1350. The molecule has 14 heteroatoms. The summed E-state index contributed by atoms with van der Waals surface area (Å²) in [6.45, 7) is 2.90.